The standard InChI is InChI=1S/C18H30O4S/c1-3-4-5-6-7-8-9-15-21-18-12-10-17(11-13-18)14-16-22-23(2,19)20/h10-13H,3-9,14-16H2,1-2H3. The molecular weight excluding hydrogens is 312 g/mol. The van der Waals surface area contributed by atoms with Crippen molar-refractivity contribution in [2.75, 3.05) is 19.5 Å². The maximum atomic E-state index is 10.9. The van der Waals surface area contributed by atoms with Crippen LogP contribution in [0.4, 0.5) is 0 Å². The maximum absolute atomic E-state index is 10.9. The van der Waals surface area contributed by atoms with E-state index in [-0.39, 0.29) is 6.61 Å². The highest BCUT2D eigenvalue weighted by molar-refractivity contribution is 7.85. The fraction of sp³-hybridized carbons (Fsp3) is 0.667. The summed E-state index contributed by atoms with van der Waals surface area (Å²) in [6, 6.07) is 7.76. The number of benzene rings is 1. The van der Waals surface area contributed by atoms with Crippen LogP contribution in [0.2, 0.25) is 0 Å². The van der Waals surface area contributed by atoms with Gasteiger partial charge in [-0.05, 0) is 30.5 Å². The van der Waals surface area contributed by atoms with E-state index < -0.39 is 10.1 Å². The van der Waals surface area contributed by atoms with Crippen molar-refractivity contribution in [3.05, 3.63) is 29.8 Å². The second kappa shape index (κ2) is 11.5. The van der Waals surface area contributed by atoms with Crippen LogP contribution >= 0.6 is 0 Å². The van der Waals surface area contributed by atoms with Crippen LogP contribution in [0, 0.1) is 0 Å². The first-order chi connectivity index (χ1) is 11.0. The molecule has 0 aliphatic heterocycles. The summed E-state index contributed by atoms with van der Waals surface area (Å²) in [5, 5.41) is 0. The molecule has 5 heteroatoms. The van der Waals surface area contributed by atoms with Crippen molar-refractivity contribution in [3.8, 4) is 5.75 Å². The van der Waals surface area contributed by atoms with E-state index in [2.05, 4.69) is 6.92 Å². The third-order valence-electron chi connectivity index (χ3n) is 3.63. The zero-order chi connectivity index (χ0) is 17.0. The molecule has 23 heavy (non-hydrogen) atoms. The average Bonchev–Trinajstić information content (AvgIpc) is 2.50. The van der Waals surface area contributed by atoms with Gasteiger partial charge < -0.3 is 4.74 Å². The number of unbranched alkanes of at least 4 members (excludes halogenated alkanes) is 6. The third kappa shape index (κ3) is 11.2. The molecule has 1 aromatic carbocycles. The second-order valence-electron chi connectivity index (χ2n) is 5.89. The van der Waals surface area contributed by atoms with Crippen LogP contribution in [-0.2, 0) is 20.7 Å². The number of hydrogen-bond donors (Lipinski definition) is 0. The van der Waals surface area contributed by atoms with Gasteiger partial charge in [-0.15, -0.1) is 0 Å². The minimum absolute atomic E-state index is 0.178. The lowest BCUT2D eigenvalue weighted by Gasteiger charge is -2.07. The SMILES string of the molecule is CCCCCCCCCOc1ccc(CCOS(C)(=O)=O)cc1. The summed E-state index contributed by atoms with van der Waals surface area (Å²) >= 11 is 0. The Bertz CT molecular complexity index is 508. The van der Waals surface area contributed by atoms with Crippen LogP contribution in [0.5, 0.6) is 5.75 Å². The van der Waals surface area contributed by atoms with Crippen LogP contribution in [0.25, 0.3) is 0 Å². The molecule has 0 N–H and O–H groups in total. The normalized spacial score (nSPS) is 11.6. The molecule has 0 spiro atoms. The zero-order valence-electron chi connectivity index (χ0n) is 14.4. The molecule has 0 fully saturated rings. The van der Waals surface area contributed by atoms with E-state index in [1.54, 1.807) is 0 Å². The van der Waals surface area contributed by atoms with Crippen molar-refractivity contribution in [2.24, 2.45) is 0 Å². The molecule has 1 rings (SSSR count). The summed E-state index contributed by atoms with van der Waals surface area (Å²) in [6.07, 6.45) is 10.6. The van der Waals surface area contributed by atoms with Gasteiger partial charge in [0, 0.05) is 0 Å². The molecular formula is C18H30O4S. The zero-order valence-corrected chi connectivity index (χ0v) is 15.2. The number of rotatable bonds is 13. The quantitative estimate of drug-likeness (QED) is 0.395. The first-order valence-corrected chi connectivity index (χ1v) is 10.4. The van der Waals surface area contributed by atoms with Gasteiger partial charge in [0.05, 0.1) is 19.5 Å². The van der Waals surface area contributed by atoms with Crippen molar-refractivity contribution in [3.63, 3.8) is 0 Å². The predicted molar refractivity (Wildman–Crippen MR) is 94.4 cm³/mol. The lowest BCUT2D eigenvalue weighted by atomic mass is 10.1. The lowest BCUT2D eigenvalue weighted by Crippen LogP contribution is -2.06. The van der Waals surface area contributed by atoms with E-state index in [9.17, 15) is 8.42 Å². The van der Waals surface area contributed by atoms with Crippen molar-refractivity contribution in [1.82, 2.24) is 0 Å². The monoisotopic (exact) mass is 342 g/mol. The van der Waals surface area contributed by atoms with Gasteiger partial charge in [-0.25, -0.2) is 0 Å². The first kappa shape index (κ1) is 20.0. The minimum atomic E-state index is -3.35. The largest absolute Gasteiger partial charge is 0.494 e. The van der Waals surface area contributed by atoms with Crippen LogP contribution in [-0.4, -0.2) is 27.9 Å². The fourth-order valence-electron chi connectivity index (χ4n) is 2.31. The summed E-state index contributed by atoms with van der Waals surface area (Å²) in [7, 11) is -3.35. The first-order valence-electron chi connectivity index (χ1n) is 8.57. The van der Waals surface area contributed by atoms with Crippen LogP contribution in [0.1, 0.15) is 57.4 Å². The van der Waals surface area contributed by atoms with Gasteiger partial charge in [0.1, 0.15) is 5.75 Å². The minimum Gasteiger partial charge on any atom is -0.494 e. The van der Waals surface area contributed by atoms with E-state index in [1.165, 1.54) is 38.5 Å². The predicted octanol–water partition coefficient (Wildman–Crippen LogP) is 4.33. The number of ether oxygens (including phenoxy) is 1. The highest BCUT2D eigenvalue weighted by atomic mass is 32.2. The Balaban J connectivity index is 2.12. The smallest absolute Gasteiger partial charge is 0.264 e. The molecule has 1 aromatic rings. The Hall–Kier alpha value is -1.07. The van der Waals surface area contributed by atoms with Gasteiger partial charge in [-0.2, -0.15) is 8.42 Å². The van der Waals surface area contributed by atoms with Crippen LogP contribution < -0.4 is 4.74 Å². The molecule has 0 saturated heterocycles. The van der Waals surface area contributed by atoms with E-state index in [0.717, 1.165) is 30.6 Å². The van der Waals surface area contributed by atoms with Crippen LogP contribution in [0.3, 0.4) is 0 Å². The Morgan fingerprint density at radius 3 is 2.09 bits per heavy atom. The van der Waals surface area contributed by atoms with E-state index >= 15 is 0 Å². The lowest BCUT2D eigenvalue weighted by molar-refractivity contribution is 0.304. The second-order valence-corrected chi connectivity index (χ2v) is 7.53. The van der Waals surface area contributed by atoms with Gasteiger partial charge in [0.2, 0.25) is 0 Å². The average molecular weight is 343 g/mol. The molecule has 0 aliphatic rings. The van der Waals surface area contributed by atoms with Crippen molar-refractivity contribution in [2.45, 2.75) is 58.3 Å². The van der Waals surface area contributed by atoms with E-state index in [0.29, 0.717) is 6.42 Å². The summed E-state index contributed by atoms with van der Waals surface area (Å²) in [6.45, 7) is 3.17. The highest BCUT2D eigenvalue weighted by Gasteiger charge is 2.02. The Morgan fingerprint density at radius 2 is 1.48 bits per heavy atom. The summed E-state index contributed by atoms with van der Waals surface area (Å²) in [4.78, 5) is 0. The van der Waals surface area contributed by atoms with Crippen LogP contribution in [0.15, 0.2) is 24.3 Å². The molecule has 0 aromatic heterocycles. The van der Waals surface area contributed by atoms with Gasteiger partial charge in [-0.3, -0.25) is 4.18 Å². The molecule has 0 heterocycles. The van der Waals surface area contributed by atoms with E-state index in [4.69, 9.17) is 8.92 Å². The third-order valence-corrected chi connectivity index (χ3v) is 4.22. The van der Waals surface area contributed by atoms with E-state index in [1.807, 2.05) is 24.3 Å². The van der Waals surface area contributed by atoms with Crippen molar-refractivity contribution >= 4 is 10.1 Å². The molecule has 0 unspecified atom stereocenters. The summed E-state index contributed by atoms with van der Waals surface area (Å²) in [5.41, 5.74) is 1.04. The summed E-state index contributed by atoms with van der Waals surface area (Å²) in [5.74, 6) is 0.865. The van der Waals surface area contributed by atoms with Crippen molar-refractivity contribution < 1.29 is 17.3 Å². The fourth-order valence-corrected chi connectivity index (χ4v) is 2.70. The molecule has 0 atom stereocenters. The van der Waals surface area contributed by atoms with Gasteiger partial charge >= 0.3 is 0 Å². The molecule has 0 saturated carbocycles. The van der Waals surface area contributed by atoms with Crippen molar-refractivity contribution in [1.29, 1.82) is 0 Å². The Kier molecular flexibility index (Phi) is 9.96. The molecule has 0 amide bonds. The van der Waals surface area contributed by atoms with Gasteiger partial charge in [0.15, 0.2) is 0 Å². The van der Waals surface area contributed by atoms with Gasteiger partial charge in [0.25, 0.3) is 10.1 Å². The molecule has 0 radical (unpaired) electrons. The summed E-state index contributed by atoms with van der Waals surface area (Å²) < 4.78 is 32.2. The Labute approximate surface area is 141 Å². The topological polar surface area (TPSA) is 52.6 Å². The molecule has 4 nitrogen and oxygen atoms in total. The molecule has 0 bridgehead atoms. The highest BCUT2D eigenvalue weighted by Crippen LogP contribution is 2.14. The Morgan fingerprint density at radius 1 is 0.870 bits per heavy atom. The molecule has 0 aliphatic carbocycles. The maximum Gasteiger partial charge on any atom is 0.264 e. The number of hydrogen-bond acceptors (Lipinski definition) is 4. The molecule has 132 valence electrons. The van der Waals surface area contributed by atoms with Gasteiger partial charge in [-0.1, -0.05) is 57.6 Å².